The van der Waals surface area contributed by atoms with Crippen LogP contribution in [0.4, 0.5) is 4.39 Å². The van der Waals surface area contributed by atoms with Gasteiger partial charge in [-0.3, -0.25) is 0 Å². The van der Waals surface area contributed by atoms with Crippen molar-refractivity contribution in [3.63, 3.8) is 0 Å². The first-order valence-corrected chi connectivity index (χ1v) is 7.11. The van der Waals surface area contributed by atoms with E-state index in [0.717, 1.165) is 21.8 Å². The summed E-state index contributed by atoms with van der Waals surface area (Å²) in [4.78, 5) is 0. The molecule has 0 aliphatic carbocycles. The lowest BCUT2D eigenvalue weighted by atomic mass is 10.2. The molecule has 4 rings (SSSR count). The highest BCUT2D eigenvalue weighted by Crippen LogP contribution is 2.35. The zero-order valence-electron chi connectivity index (χ0n) is 12.1. The summed E-state index contributed by atoms with van der Waals surface area (Å²) >= 11 is 0. The predicted molar refractivity (Wildman–Crippen MR) is 87.3 cm³/mol. The fraction of sp³-hybridized carbons (Fsp3) is 0.0526. The molecule has 0 spiro atoms. The Balaban J connectivity index is 2.20. The fourth-order valence-corrected chi connectivity index (χ4v) is 3.02. The largest absolute Gasteiger partial charge is 0.495 e. The van der Waals surface area contributed by atoms with Crippen molar-refractivity contribution in [2.45, 2.75) is 0 Å². The number of hydrogen-bond donors (Lipinski definition) is 0. The predicted octanol–water partition coefficient (Wildman–Crippen LogP) is 4.93. The first-order chi connectivity index (χ1) is 10.8. The molecular weight excluding hydrogens is 277 g/mol. The van der Waals surface area contributed by atoms with Crippen LogP contribution in [-0.2, 0) is 0 Å². The summed E-state index contributed by atoms with van der Waals surface area (Å²) in [6, 6.07) is 20.8. The fourth-order valence-electron chi connectivity index (χ4n) is 3.02. The smallest absolute Gasteiger partial charge is 0.143 e. The van der Waals surface area contributed by atoms with Gasteiger partial charge in [0.2, 0.25) is 0 Å². The second-order valence-corrected chi connectivity index (χ2v) is 5.19. The maximum absolute atomic E-state index is 13.8. The van der Waals surface area contributed by atoms with Crippen molar-refractivity contribution in [1.29, 1.82) is 0 Å². The number of aromatic nitrogens is 1. The quantitative estimate of drug-likeness (QED) is 0.510. The first kappa shape index (κ1) is 12.9. The van der Waals surface area contributed by atoms with E-state index in [4.69, 9.17) is 4.74 Å². The molecule has 0 atom stereocenters. The number of rotatable bonds is 2. The molecule has 2 nitrogen and oxygen atoms in total. The highest BCUT2D eigenvalue weighted by atomic mass is 19.1. The SMILES string of the molecule is COc1ccc(F)cc1-n1c2ccccc2c2ccccc21. The molecule has 0 aliphatic rings. The Bertz CT molecular complexity index is 934. The number of hydrogen-bond acceptors (Lipinski definition) is 1. The van der Waals surface area contributed by atoms with Gasteiger partial charge < -0.3 is 9.30 Å². The zero-order valence-corrected chi connectivity index (χ0v) is 12.1. The lowest BCUT2D eigenvalue weighted by molar-refractivity contribution is 0.412. The summed E-state index contributed by atoms with van der Waals surface area (Å²) < 4.78 is 21.3. The number of benzene rings is 3. The molecule has 0 aliphatic heterocycles. The van der Waals surface area contributed by atoms with Gasteiger partial charge in [0.25, 0.3) is 0 Å². The Morgan fingerprint density at radius 2 is 1.41 bits per heavy atom. The van der Waals surface area contributed by atoms with Crippen LogP contribution in [-0.4, -0.2) is 11.7 Å². The second kappa shape index (κ2) is 4.88. The van der Waals surface area contributed by atoms with E-state index in [1.165, 1.54) is 12.1 Å². The van der Waals surface area contributed by atoms with Crippen LogP contribution >= 0.6 is 0 Å². The molecule has 0 amide bonds. The maximum Gasteiger partial charge on any atom is 0.143 e. The minimum atomic E-state index is -0.280. The molecule has 0 unspecified atom stereocenters. The summed E-state index contributed by atoms with van der Waals surface area (Å²) in [5, 5.41) is 2.29. The summed E-state index contributed by atoms with van der Waals surface area (Å²) in [6.45, 7) is 0. The minimum Gasteiger partial charge on any atom is -0.495 e. The van der Waals surface area contributed by atoms with Gasteiger partial charge >= 0.3 is 0 Å². The minimum absolute atomic E-state index is 0.280. The molecule has 108 valence electrons. The number of methoxy groups -OCH3 is 1. The molecule has 0 saturated carbocycles. The lowest BCUT2D eigenvalue weighted by Crippen LogP contribution is -1.98. The highest BCUT2D eigenvalue weighted by Gasteiger charge is 2.15. The van der Waals surface area contributed by atoms with E-state index in [9.17, 15) is 4.39 Å². The van der Waals surface area contributed by atoms with Crippen LogP contribution in [0.1, 0.15) is 0 Å². The molecule has 0 bridgehead atoms. The maximum atomic E-state index is 13.8. The summed E-state index contributed by atoms with van der Waals surface area (Å²) in [6.07, 6.45) is 0. The molecule has 0 N–H and O–H groups in total. The number of nitrogens with zero attached hydrogens (tertiary/aromatic N) is 1. The van der Waals surface area contributed by atoms with Crippen LogP contribution < -0.4 is 4.74 Å². The molecule has 22 heavy (non-hydrogen) atoms. The van der Waals surface area contributed by atoms with Gasteiger partial charge in [-0.1, -0.05) is 36.4 Å². The number of para-hydroxylation sites is 2. The van der Waals surface area contributed by atoms with Gasteiger partial charge in [0.05, 0.1) is 23.8 Å². The van der Waals surface area contributed by atoms with Crippen molar-refractivity contribution in [1.82, 2.24) is 4.57 Å². The normalized spacial score (nSPS) is 11.2. The van der Waals surface area contributed by atoms with Gasteiger partial charge in [0.15, 0.2) is 0 Å². The molecular formula is C19H14FNO. The van der Waals surface area contributed by atoms with Gasteiger partial charge in [-0.25, -0.2) is 4.39 Å². The van der Waals surface area contributed by atoms with Crippen molar-refractivity contribution in [3.05, 3.63) is 72.5 Å². The zero-order chi connectivity index (χ0) is 15.1. The van der Waals surface area contributed by atoms with Crippen LogP contribution in [0.25, 0.3) is 27.5 Å². The molecule has 1 heterocycles. The summed E-state index contributed by atoms with van der Waals surface area (Å²) in [7, 11) is 1.60. The Morgan fingerprint density at radius 3 is 2.00 bits per heavy atom. The van der Waals surface area contributed by atoms with Crippen molar-refractivity contribution in [2.24, 2.45) is 0 Å². The third-order valence-corrected chi connectivity index (χ3v) is 3.96. The van der Waals surface area contributed by atoms with Crippen LogP contribution in [0.15, 0.2) is 66.7 Å². The highest BCUT2D eigenvalue weighted by molar-refractivity contribution is 6.09. The summed E-state index contributed by atoms with van der Waals surface area (Å²) in [5.41, 5.74) is 2.78. The van der Waals surface area contributed by atoms with Gasteiger partial charge in [-0.15, -0.1) is 0 Å². The van der Waals surface area contributed by atoms with Crippen molar-refractivity contribution >= 4 is 21.8 Å². The van der Waals surface area contributed by atoms with Gasteiger partial charge in [-0.2, -0.15) is 0 Å². The molecule has 0 radical (unpaired) electrons. The van der Waals surface area contributed by atoms with E-state index < -0.39 is 0 Å². The number of fused-ring (bicyclic) bond motifs is 3. The Morgan fingerprint density at radius 1 is 0.818 bits per heavy atom. The van der Waals surface area contributed by atoms with E-state index >= 15 is 0 Å². The Kier molecular flexibility index (Phi) is 2.86. The molecule has 3 aromatic carbocycles. The third-order valence-electron chi connectivity index (χ3n) is 3.96. The average molecular weight is 291 g/mol. The van der Waals surface area contributed by atoms with E-state index in [0.29, 0.717) is 11.4 Å². The van der Waals surface area contributed by atoms with Crippen LogP contribution in [0.2, 0.25) is 0 Å². The van der Waals surface area contributed by atoms with E-state index in [-0.39, 0.29) is 5.82 Å². The third kappa shape index (κ3) is 1.79. The Labute approximate surface area is 127 Å². The second-order valence-electron chi connectivity index (χ2n) is 5.19. The molecule has 4 aromatic rings. The van der Waals surface area contributed by atoms with Gasteiger partial charge in [0, 0.05) is 16.8 Å². The van der Waals surface area contributed by atoms with E-state index in [1.54, 1.807) is 13.2 Å². The van der Waals surface area contributed by atoms with E-state index in [2.05, 4.69) is 12.1 Å². The Hall–Kier alpha value is -2.81. The van der Waals surface area contributed by atoms with Crippen molar-refractivity contribution in [3.8, 4) is 11.4 Å². The summed E-state index contributed by atoms with van der Waals surface area (Å²) in [5.74, 6) is 0.366. The number of halogens is 1. The molecule has 3 heteroatoms. The van der Waals surface area contributed by atoms with Crippen LogP contribution in [0.3, 0.4) is 0 Å². The van der Waals surface area contributed by atoms with Gasteiger partial charge in [0.1, 0.15) is 11.6 Å². The van der Waals surface area contributed by atoms with Crippen LogP contribution in [0.5, 0.6) is 5.75 Å². The lowest BCUT2D eigenvalue weighted by Gasteiger charge is -2.12. The molecule has 0 saturated heterocycles. The average Bonchev–Trinajstić information content (AvgIpc) is 2.89. The molecule has 0 fully saturated rings. The molecule has 1 aromatic heterocycles. The van der Waals surface area contributed by atoms with Crippen molar-refractivity contribution in [2.75, 3.05) is 7.11 Å². The van der Waals surface area contributed by atoms with Crippen LogP contribution in [0, 0.1) is 5.82 Å². The standard InChI is InChI=1S/C19H14FNO/c1-22-19-11-10-13(20)12-18(19)21-16-8-4-2-6-14(16)15-7-3-5-9-17(15)21/h2-12H,1H3. The van der Waals surface area contributed by atoms with E-state index in [1.807, 2.05) is 41.0 Å². The number of ether oxygens (including phenoxy) is 1. The monoisotopic (exact) mass is 291 g/mol. The topological polar surface area (TPSA) is 14.2 Å². The first-order valence-electron chi connectivity index (χ1n) is 7.11. The van der Waals surface area contributed by atoms with Crippen molar-refractivity contribution < 1.29 is 9.13 Å². The van der Waals surface area contributed by atoms with Gasteiger partial charge in [-0.05, 0) is 24.3 Å².